The Kier molecular flexibility index (Phi) is 2.87. The average molecular weight is 219 g/mol. The molecule has 1 aromatic carbocycles. The summed E-state index contributed by atoms with van der Waals surface area (Å²) in [4.78, 5) is 4.20. The number of para-hydroxylation sites is 1. The fourth-order valence-electron chi connectivity index (χ4n) is 1.35. The van der Waals surface area contributed by atoms with Gasteiger partial charge in [0.2, 0.25) is 0 Å². The first-order valence-electron chi connectivity index (χ1n) is 4.74. The number of nitrogens with one attached hydrogen (secondary N) is 1. The molecule has 78 valence electrons. The van der Waals surface area contributed by atoms with Crippen LogP contribution in [0.2, 0.25) is 0 Å². The highest BCUT2D eigenvalue weighted by molar-refractivity contribution is 7.09. The van der Waals surface area contributed by atoms with Gasteiger partial charge in [-0.3, -0.25) is 0 Å². The number of aromatic nitrogens is 1. The predicted molar refractivity (Wildman–Crippen MR) is 65.0 cm³/mol. The zero-order chi connectivity index (χ0) is 10.7. The largest absolute Gasteiger partial charge is 0.397 e. The predicted octanol–water partition coefficient (Wildman–Crippen LogP) is 2.65. The fraction of sp³-hybridized carbons (Fsp3) is 0.182. The van der Waals surface area contributed by atoms with E-state index in [9.17, 15) is 0 Å². The molecule has 0 amide bonds. The number of benzene rings is 1. The SMILES string of the molecule is Cc1cccc(NCc2nccs2)c1N. The molecule has 0 bridgehead atoms. The second-order valence-electron chi connectivity index (χ2n) is 3.32. The molecular weight excluding hydrogens is 206 g/mol. The first-order chi connectivity index (χ1) is 7.27. The van der Waals surface area contributed by atoms with E-state index in [4.69, 9.17) is 5.73 Å². The molecule has 4 heteroatoms. The van der Waals surface area contributed by atoms with E-state index in [1.54, 1.807) is 17.5 Å². The van der Waals surface area contributed by atoms with Crippen molar-refractivity contribution in [1.29, 1.82) is 0 Å². The molecule has 0 fully saturated rings. The van der Waals surface area contributed by atoms with Gasteiger partial charge in [0.1, 0.15) is 5.01 Å². The lowest BCUT2D eigenvalue weighted by Gasteiger charge is -2.09. The molecule has 0 unspecified atom stereocenters. The molecule has 0 saturated carbocycles. The Hall–Kier alpha value is -1.55. The molecule has 0 saturated heterocycles. The minimum Gasteiger partial charge on any atom is -0.397 e. The van der Waals surface area contributed by atoms with Crippen LogP contribution in [0.1, 0.15) is 10.6 Å². The molecule has 2 aromatic rings. The van der Waals surface area contributed by atoms with Crippen LogP contribution < -0.4 is 11.1 Å². The highest BCUT2D eigenvalue weighted by Crippen LogP contribution is 2.22. The molecular formula is C11H13N3S. The number of hydrogen-bond donors (Lipinski definition) is 2. The summed E-state index contributed by atoms with van der Waals surface area (Å²) in [6.07, 6.45) is 1.81. The van der Waals surface area contributed by atoms with Gasteiger partial charge >= 0.3 is 0 Å². The van der Waals surface area contributed by atoms with Crippen molar-refractivity contribution in [3.63, 3.8) is 0 Å². The van der Waals surface area contributed by atoms with Crippen molar-refractivity contribution in [2.75, 3.05) is 11.1 Å². The number of nitrogens with two attached hydrogens (primary N) is 1. The summed E-state index contributed by atoms with van der Waals surface area (Å²) in [5, 5.41) is 6.31. The zero-order valence-electron chi connectivity index (χ0n) is 8.53. The molecule has 1 aromatic heterocycles. The molecule has 2 rings (SSSR count). The Morgan fingerprint density at radius 2 is 2.33 bits per heavy atom. The zero-order valence-corrected chi connectivity index (χ0v) is 9.34. The summed E-state index contributed by atoms with van der Waals surface area (Å²) >= 11 is 1.64. The third-order valence-corrected chi connectivity index (χ3v) is 3.02. The van der Waals surface area contributed by atoms with E-state index >= 15 is 0 Å². The smallest absolute Gasteiger partial charge is 0.112 e. The number of rotatable bonds is 3. The van der Waals surface area contributed by atoms with Gasteiger partial charge in [0.25, 0.3) is 0 Å². The van der Waals surface area contributed by atoms with Crippen molar-refractivity contribution in [3.8, 4) is 0 Å². The summed E-state index contributed by atoms with van der Waals surface area (Å²) in [6.45, 7) is 2.73. The third kappa shape index (κ3) is 2.27. The van der Waals surface area contributed by atoms with E-state index in [1.807, 2.05) is 30.5 Å². The van der Waals surface area contributed by atoms with Crippen LogP contribution in [-0.4, -0.2) is 4.98 Å². The number of nitrogen functional groups attached to an aromatic ring is 1. The minimum absolute atomic E-state index is 0.728. The molecule has 3 nitrogen and oxygen atoms in total. The highest BCUT2D eigenvalue weighted by Gasteiger charge is 2.01. The Balaban J connectivity index is 2.08. The minimum atomic E-state index is 0.728. The molecule has 0 aliphatic rings. The maximum Gasteiger partial charge on any atom is 0.112 e. The van der Waals surface area contributed by atoms with Crippen LogP contribution in [0.5, 0.6) is 0 Å². The number of aryl methyl sites for hydroxylation is 1. The van der Waals surface area contributed by atoms with Gasteiger partial charge in [-0.25, -0.2) is 4.98 Å². The summed E-state index contributed by atoms with van der Waals surface area (Å²) in [5.74, 6) is 0. The van der Waals surface area contributed by atoms with Crippen LogP contribution in [0.15, 0.2) is 29.8 Å². The lowest BCUT2D eigenvalue weighted by Crippen LogP contribution is -2.03. The van der Waals surface area contributed by atoms with Crippen LogP contribution in [0.25, 0.3) is 0 Å². The van der Waals surface area contributed by atoms with Crippen molar-refractivity contribution in [3.05, 3.63) is 40.3 Å². The standard InChI is InChI=1S/C11H13N3S/c1-8-3-2-4-9(11(8)12)14-7-10-13-5-6-15-10/h2-6,14H,7,12H2,1H3. The first-order valence-corrected chi connectivity index (χ1v) is 5.62. The number of anilines is 2. The Morgan fingerprint density at radius 1 is 1.47 bits per heavy atom. The topological polar surface area (TPSA) is 50.9 Å². The number of hydrogen-bond acceptors (Lipinski definition) is 4. The van der Waals surface area contributed by atoms with Gasteiger partial charge in [0.15, 0.2) is 0 Å². The number of nitrogens with zero attached hydrogens (tertiary/aromatic N) is 1. The molecule has 0 spiro atoms. The van der Waals surface area contributed by atoms with Crippen LogP contribution in [-0.2, 0) is 6.54 Å². The monoisotopic (exact) mass is 219 g/mol. The van der Waals surface area contributed by atoms with Gasteiger partial charge in [0.05, 0.1) is 17.9 Å². The summed E-state index contributed by atoms with van der Waals surface area (Å²) in [5.41, 5.74) is 8.83. The van der Waals surface area contributed by atoms with Crippen molar-refractivity contribution < 1.29 is 0 Å². The Morgan fingerprint density at radius 3 is 3.07 bits per heavy atom. The van der Waals surface area contributed by atoms with Crippen LogP contribution >= 0.6 is 11.3 Å². The van der Waals surface area contributed by atoms with Crippen LogP contribution in [0.3, 0.4) is 0 Å². The van der Waals surface area contributed by atoms with Gasteiger partial charge in [-0.05, 0) is 18.6 Å². The third-order valence-electron chi connectivity index (χ3n) is 2.24. The van der Waals surface area contributed by atoms with Gasteiger partial charge in [-0.2, -0.15) is 0 Å². The maximum atomic E-state index is 5.94. The van der Waals surface area contributed by atoms with Crippen molar-refractivity contribution in [2.45, 2.75) is 13.5 Å². The molecule has 15 heavy (non-hydrogen) atoms. The lowest BCUT2D eigenvalue weighted by molar-refractivity contribution is 1.10. The van der Waals surface area contributed by atoms with Gasteiger partial charge in [-0.15, -0.1) is 11.3 Å². The number of thiazole rings is 1. The lowest BCUT2D eigenvalue weighted by atomic mass is 10.2. The van der Waals surface area contributed by atoms with Gasteiger partial charge in [0, 0.05) is 11.6 Å². The van der Waals surface area contributed by atoms with Crippen molar-refractivity contribution in [1.82, 2.24) is 4.98 Å². The van der Waals surface area contributed by atoms with Crippen molar-refractivity contribution in [2.24, 2.45) is 0 Å². The van der Waals surface area contributed by atoms with E-state index in [1.165, 1.54) is 0 Å². The van der Waals surface area contributed by atoms with Crippen LogP contribution in [0, 0.1) is 6.92 Å². The molecule has 3 N–H and O–H groups in total. The van der Waals surface area contributed by atoms with Crippen LogP contribution in [0.4, 0.5) is 11.4 Å². The second kappa shape index (κ2) is 4.31. The van der Waals surface area contributed by atoms with Gasteiger partial charge < -0.3 is 11.1 Å². The fourth-order valence-corrected chi connectivity index (χ4v) is 1.90. The van der Waals surface area contributed by atoms with E-state index in [0.717, 1.165) is 28.5 Å². The summed E-state index contributed by atoms with van der Waals surface area (Å²) in [6, 6.07) is 5.98. The normalized spacial score (nSPS) is 10.2. The molecule has 0 atom stereocenters. The van der Waals surface area contributed by atoms with E-state index in [-0.39, 0.29) is 0 Å². The first kappa shape index (κ1) is 9.98. The summed E-state index contributed by atoms with van der Waals surface area (Å²) < 4.78 is 0. The van der Waals surface area contributed by atoms with Gasteiger partial charge in [-0.1, -0.05) is 12.1 Å². The molecule has 0 aliphatic heterocycles. The Labute approximate surface area is 93.0 Å². The highest BCUT2D eigenvalue weighted by atomic mass is 32.1. The second-order valence-corrected chi connectivity index (χ2v) is 4.29. The summed E-state index contributed by atoms with van der Waals surface area (Å²) in [7, 11) is 0. The average Bonchev–Trinajstić information content (AvgIpc) is 2.73. The molecule has 0 radical (unpaired) electrons. The quantitative estimate of drug-likeness (QED) is 0.780. The Bertz CT molecular complexity index is 437. The molecule has 0 aliphatic carbocycles. The van der Waals surface area contributed by atoms with E-state index in [0.29, 0.717) is 0 Å². The van der Waals surface area contributed by atoms with Crippen molar-refractivity contribution >= 4 is 22.7 Å². The molecule has 1 heterocycles. The van der Waals surface area contributed by atoms with E-state index < -0.39 is 0 Å². The van der Waals surface area contributed by atoms with E-state index in [2.05, 4.69) is 10.3 Å². The maximum absolute atomic E-state index is 5.94.